The van der Waals surface area contributed by atoms with Crippen LogP contribution in [0.2, 0.25) is 0 Å². The summed E-state index contributed by atoms with van der Waals surface area (Å²) in [5.41, 5.74) is 8.68. The standard InChI is InChI=1S/C38H37N/c1-36(2)22-11-13-29-27-30-19-25-38(4,26-21-34(30)35(29)28-36)39(32-16-9-6-10-17-32)33-18-12-23-37(3,24-20-33)31-14-7-5-8-15-31/h5-26,28H,27H2,1-4H3. The molecule has 2 aromatic carbocycles. The van der Waals surface area contributed by atoms with Gasteiger partial charge in [-0.1, -0.05) is 129 Å². The first kappa shape index (κ1) is 25.2. The molecule has 0 spiro atoms. The van der Waals surface area contributed by atoms with Gasteiger partial charge in [-0.05, 0) is 72.4 Å². The van der Waals surface area contributed by atoms with Crippen LogP contribution in [0, 0.1) is 5.41 Å². The number of nitrogens with zero attached hydrogens (tertiary/aromatic N) is 1. The lowest BCUT2D eigenvalue weighted by molar-refractivity contribution is 0.624. The van der Waals surface area contributed by atoms with E-state index >= 15 is 0 Å². The van der Waals surface area contributed by atoms with Crippen LogP contribution in [0.15, 0.2) is 168 Å². The Morgan fingerprint density at radius 1 is 0.667 bits per heavy atom. The van der Waals surface area contributed by atoms with Gasteiger partial charge in [0.2, 0.25) is 0 Å². The number of hydrogen-bond acceptors (Lipinski definition) is 1. The maximum absolute atomic E-state index is 2.46. The first-order valence-electron chi connectivity index (χ1n) is 14.0. The van der Waals surface area contributed by atoms with Crippen molar-refractivity contribution in [2.45, 2.75) is 45.1 Å². The van der Waals surface area contributed by atoms with Crippen LogP contribution in [0.3, 0.4) is 0 Å². The van der Waals surface area contributed by atoms with E-state index in [0.717, 1.165) is 12.1 Å². The molecule has 194 valence electrons. The van der Waals surface area contributed by atoms with Crippen LogP contribution in [0.25, 0.3) is 0 Å². The SMILES string of the molecule is CC1(C)C=CC=C2CC3=C(C=CC(C)(N(C4=CC=CC(C)(c5ccccc5)C=C4)c4ccccc4)C=C3)C2=C1. The number of rotatable bonds is 4. The van der Waals surface area contributed by atoms with Gasteiger partial charge in [0.05, 0.1) is 5.54 Å². The molecule has 4 aliphatic carbocycles. The molecule has 0 saturated heterocycles. The highest BCUT2D eigenvalue weighted by Gasteiger charge is 2.34. The molecule has 0 saturated carbocycles. The van der Waals surface area contributed by atoms with E-state index in [0.29, 0.717) is 0 Å². The lowest BCUT2D eigenvalue weighted by Gasteiger charge is -2.40. The van der Waals surface area contributed by atoms with Gasteiger partial charge in [0, 0.05) is 22.2 Å². The summed E-state index contributed by atoms with van der Waals surface area (Å²) >= 11 is 0. The van der Waals surface area contributed by atoms with Crippen molar-refractivity contribution in [3.63, 3.8) is 0 Å². The van der Waals surface area contributed by atoms with E-state index in [1.165, 1.54) is 33.5 Å². The second kappa shape index (κ2) is 9.58. The number of allylic oxidation sites excluding steroid dienone is 15. The third-order valence-corrected chi connectivity index (χ3v) is 8.37. The van der Waals surface area contributed by atoms with Gasteiger partial charge in [-0.25, -0.2) is 0 Å². The Morgan fingerprint density at radius 2 is 1.36 bits per heavy atom. The monoisotopic (exact) mass is 507 g/mol. The molecule has 0 aromatic heterocycles. The summed E-state index contributed by atoms with van der Waals surface area (Å²) in [7, 11) is 0. The van der Waals surface area contributed by atoms with Gasteiger partial charge in [-0.2, -0.15) is 0 Å². The average molecular weight is 508 g/mol. The molecule has 6 rings (SSSR count). The number of benzene rings is 2. The van der Waals surface area contributed by atoms with Crippen LogP contribution >= 0.6 is 0 Å². The molecule has 2 aromatic rings. The van der Waals surface area contributed by atoms with Crippen molar-refractivity contribution in [2.75, 3.05) is 4.90 Å². The van der Waals surface area contributed by atoms with Crippen molar-refractivity contribution in [3.05, 3.63) is 173 Å². The molecule has 1 heteroatoms. The fourth-order valence-electron chi connectivity index (χ4n) is 6.10. The number of hydrogen-bond donors (Lipinski definition) is 0. The third-order valence-electron chi connectivity index (χ3n) is 8.37. The van der Waals surface area contributed by atoms with Crippen molar-refractivity contribution in [3.8, 4) is 0 Å². The van der Waals surface area contributed by atoms with E-state index in [1.54, 1.807) is 0 Å². The van der Waals surface area contributed by atoms with Crippen molar-refractivity contribution in [1.29, 1.82) is 0 Å². The Hall–Kier alpha value is -4.10. The first-order valence-corrected chi connectivity index (χ1v) is 14.0. The van der Waals surface area contributed by atoms with E-state index in [4.69, 9.17) is 0 Å². The van der Waals surface area contributed by atoms with E-state index in [-0.39, 0.29) is 16.4 Å². The van der Waals surface area contributed by atoms with Crippen molar-refractivity contribution >= 4 is 5.69 Å². The van der Waals surface area contributed by atoms with Crippen LogP contribution in [0.5, 0.6) is 0 Å². The summed E-state index contributed by atoms with van der Waals surface area (Å²) in [6.45, 7) is 9.16. The van der Waals surface area contributed by atoms with Gasteiger partial charge < -0.3 is 4.90 Å². The molecule has 0 N–H and O–H groups in total. The molecule has 0 aliphatic heterocycles. The zero-order valence-corrected chi connectivity index (χ0v) is 23.4. The van der Waals surface area contributed by atoms with Crippen LogP contribution in [-0.4, -0.2) is 5.54 Å². The van der Waals surface area contributed by atoms with Crippen molar-refractivity contribution in [2.24, 2.45) is 5.41 Å². The number of anilines is 1. The predicted octanol–water partition coefficient (Wildman–Crippen LogP) is 9.49. The average Bonchev–Trinajstić information content (AvgIpc) is 3.08. The molecule has 2 unspecified atom stereocenters. The summed E-state index contributed by atoms with van der Waals surface area (Å²) in [6, 6.07) is 21.5. The maximum atomic E-state index is 2.46. The van der Waals surface area contributed by atoms with Gasteiger partial charge in [0.25, 0.3) is 0 Å². The minimum absolute atomic E-state index is 0.0347. The van der Waals surface area contributed by atoms with Gasteiger partial charge >= 0.3 is 0 Å². The largest absolute Gasteiger partial charge is 0.329 e. The highest BCUT2D eigenvalue weighted by Crippen LogP contribution is 2.45. The number of fused-ring (bicyclic) bond motifs is 2. The van der Waals surface area contributed by atoms with Crippen LogP contribution in [-0.2, 0) is 5.41 Å². The van der Waals surface area contributed by atoms with Crippen LogP contribution < -0.4 is 4.90 Å². The summed E-state index contributed by atoms with van der Waals surface area (Å²) in [4.78, 5) is 2.46. The number of para-hydroxylation sites is 1. The maximum Gasteiger partial charge on any atom is 0.0795 e. The van der Waals surface area contributed by atoms with E-state index in [1.807, 2.05) is 0 Å². The minimum Gasteiger partial charge on any atom is -0.329 e. The van der Waals surface area contributed by atoms with Gasteiger partial charge in [-0.3, -0.25) is 0 Å². The molecular formula is C38H37N. The van der Waals surface area contributed by atoms with Crippen molar-refractivity contribution in [1.82, 2.24) is 0 Å². The van der Waals surface area contributed by atoms with Gasteiger partial charge in [0.15, 0.2) is 0 Å². The quantitative estimate of drug-likeness (QED) is 0.398. The predicted molar refractivity (Wildman–Crippen MR) is 166 cm³/mol. The van der Waals surface area contributed by atoms with Gasteiger partial charge in [-0.15, -0.1) is 0 Å². The van der Waals surface area contributed by atoms with Crippen LogP contribution in [0.4, 0.5) is 5.69 Å². The van der Waals surface area contributed by atoms with E-state index in [9.17, 15) is 0 Å². The second-order valence-electron chi connectivity index (χ2n) is 12.0. The minimum atomic E-state index is -0.355. The molecule has 1 nitrogen and oxygen atoms in total. The first-order chi connectivity index (χ1) is 18.8. The Kier molecular flexibility index (Phi) is 6.19. The topological polar surface area (TPSA) is 3.24 Å². The molecule has 2 atom stereocenters. The molecule has 4 aliphatic rings. The Balaban J connectivity index is 1.40. The van der Waals surface area contributed by atoms with E-state index in [2.05, 4.69) is 172 Å². The molecule has 39 heavy (non-hydrogen) atoms. The molecule has 0 radical (unpaired) electrons. The zero-order valence-electron chi connectivity index (χ0n) is 23.4. The highest BCUT2D eigenvalue weighted by molar-refractivity contribution is 5.69. The molecular weight excluding hydrogens is 470 g/mol. The van der Waals surface area contributed by atoms with Crippen molar-refractivity contribution < 1.29 is 0 Å². The molecule has 0 amide bonds. The van der Waals surface area contributed by atoms with E-state index < -0.39 is 0 Å². The molecule has 0 heterocycles. The molecule has 0 fully saturated rings. The van der Waals surface area contributed by atoms with Crippen LogP contribution in [0.1, 0.15) is 39.7 Å². The smallest absolute Gasteiger partial charge is 0.0795 e. The molecule has 0 bridgehead atoms. The highest BCUT2D eigenvalue weighted by atomic mass is 15.2. The normalized spacial score (nSPS) is 26.6. The lowest BCUT2D eigenvalue weighted by Crippen LogP contribution is -2.42. The Morgan fingerprint density at radius 3 is 2.13 bits per heavy atom. The third kappa shape index (κ3) is 4.79. The van der Waals surface area contributed by atoms with Gasteiger partial charge in [0.1, 0.15) is 0 Å². The summed E-state index contributed by atoms with van der Waals surface area (Å²) < 4.78 is 0. The fraction of sp³-hybridized carbons (Fsp3) is 0.211. The zero-order chi connectivity index (χ0) is 27.1. The fourth-order valence-corrected chi connectivity index (χ4v) is 6.10. The lowest BCUT2D eigenvalue weighted by atomic mass is 9.82. The second-order valence-corrected chi connectivity index (χ2v) is 12.0. The summed E-state index contributed by atoms with van der Waals surface area (Å²) in [5.74, 6) is 0. The Bertz CT molecular complexity index is 1550. The Labute approximate surface area is 234 Å². The summed E-state index contributed by atoms with van der Waals surface area (Å²) in [5, 5.41) is 0. The summed E-state index contributed by atoms with van der Waals surface area (Å²) in [6.07, 6.45) is 31.1.